The van der Waals surface area contributed by atoms with Gasteiger partial charge >= 0.3 is 0 Å². The molecule has 1 saturated carbocycles. The van der Waals surface area contributed by atoms with E-state index in [-0.39, 0.29) is 18.4 Å². The minimum absolute atomic E-state index is 0.0352. The Bertz CT molecular complexity index is 505. The van der Waals surface area contributed by atoms with Crippen molar-refractivity contribution in [3.63, 3.8) is 0 Å². The van der Waals surface area contributed by atoms with Gasteiger partial charge in [0.25, 0.3) is 0 Å². The highest BCUT2D eigenvalue weighted by Crippen LogP contribution is 2.18. The summed E-state index contributed by atoms with van der Waals surface area (Å²) >= 11 is 0. The minimum Gasteiger partial charge on any atom is -0.352 e. The van der Waals surface area contributed by atoms with Gasteiger partial charge in [0.2, 0.25) is 11.8 Å². The zero-order valence-corrected chi connectivity index (χ0v) is 11.0. The molecule has 0 spiro atoms. The molecule has 0 atom stereocenters. The maximum absolute atomic E-state index is 11.5. The highest BCUT2D eigenvalue weighted by Gasteiger charge is 2.22. The monoisotopic (exact) mass is 258 g/mol. The maximum Gasteiger partial charge on any atom is 0.244 e. The van der Waals surface area contributed by atoms with E-state index in [1.54, 1.807) is 6.08 Å². The molecule has 0 unspecified atom stereocenters. The van der Waals surface area contributed by atoms with Gasteiger partial charge in [-0.2, -0.15) is 0 Å². The van der Waals surface area contributed by atoms with Crippen molar-refractivity contribution < 1.29 is 9.59 Å². The molecule has 0 radical (unpaired) electrons. The van der Waals surface area contributed by atoms with Crippen LogP contribution in [-0.4, -0.2) is 24.4 Å². The predicted molar refractivity (Wildman–Crippen MR) is 74.4 cm³/mol. The van der Waals surface area contributed by atoms with Crippen LogP contribution in [0.3, 0.4) is 0 Å². The third kappa shape index (κ3) is 4.95. The first-order valence-electron chi connectivity index (χ1n) is 6.45. The van der Waals surface area contributed by atoms with E-state index in [0.717, 1.165) is 24.0 Å². The molecule has 1 aromatic rings. The Morgan fingerprint density at radius 2 is 2.16 bits per heavy atom. The van der Waals surface area contributed by atoms with E-state index >= 15 is 0 Å². The van der Waals surface area contributed by atoms with E-state index in [0.29, 0.717) is 6.04 Å². The highest BCUT2D eigenvalue weighted by molar-refractivity contribution is 5.94. The molecule has 1 aliphatic rings. The number of hydrogen-bond donors (Lipinski definition) is 2. The first kappa shape index (κ1) is 13.3. The van der Waals surface area contributed by atoms with E-state index in [1.165, 1.54) is 6.08 Å². The number of nitrogens with one attached hydrogen (secondary N) is 2. The van der Waals surface area contributed by atoms with Gasteiger partial charge in [0.1, 0.15) is 0 Å². The molecule has 1 aromatic carbocycles. The summed E-state index contributed by atoms with van der Waals surface area (Å²) in [4.78, 5) is 22.9. The second-order valence-electron chi connectivity index (χ2n) is 4.81. The third-order valence-electron chi connectivity index (χ3n) is 2.83. The lowest BCUT2D eigenvalue weighted by Gasteiger charge is -2.03. The van der Waals surface area contributed by atoms with Crippen LogP contribution in [0.5, 0.6) is 0 Å². The molecule has 100 valence electrons. The number of rotatable bonds is 5. The molecular weight excluding hydrogens is 240 g/mol. The van der Waals surface area contributed by atoms with Gasteiger partial charge in [-0.3, -0.25) is 9.59 Å². The van der Waals surface area contributed by atoms with Crippen LogP contribution >= 0.6 is 0 Å². The fraction of sp³-hybridized carbons (Fsp3) is 0.333. The van der Waals surface area contributed by atoms with Crippen LogP contribution in [0.1, 0.15) is 24.0 Å². The van der Waals surface area contributed by atoms with Gasteiger partial charge in [0.05, 0.1) is 6.54 Å². The number of carbonyl (C=O) groups excluding carboxylic acids is 2. The number of amides is 2. The number of aryl methyl sites for hydroxylation is 1. The Balaban J connectivity index is 1.75. The molecule has 1 aliphatic carbocycles. The Kier molecular flexibility index (Phi) is 4.34. The molecule has 2 amide bonds. The molecule has 0 bridgehead atoms. The Morgan fingerprint density at radius 3 is 2.84 bits per heavy atom. The van der Waals surface area contributed by atoms with Gasteiger partial charge in [-0.15, -0.1) is 0 Å². The summed E-state index contributed by atoms with van der Waals surface area (Å²) in [5.74, 6) is -0.382. The summed E-state index contributed by atoms with van der Waals surface area (Å²) in [6, 6.07) is 8.18. The standard InChI is InChI=1S/C15H18N2O2/c1-11-3-2-4-12(9-11)5-8-14(18)16-10-15(19)17-13-6-7-13/h2-5,8-9,13H,6-7,10H2,1H3,(H,16,18)(H,17,19)/b8-5+. The summed E-state index contributed by atoms with van der Waals surface area (Å²) in [5, 5.41) is 5.38. The van der Waals surface area contributed by atoms with Gasteiger partial charge < -0.3 is 10.6 Å². The van der Waals surface area contributed by atoms with E-state index in [1.807, 2.05) is 31.2 Å². The van der Waals surface area contributed by atoms with E-state index in [2.05, 4.69) is 10.6 Å². The van der Waals surface area contributed by atoms with Gasteiger partial charge in [-0.1, -0.05) is 29.8 Å². The second kappa shape index (κ2) is 6.18. The van der Waals surface area contributed by atoms with Crippen molar-refractivity contribution in [2.45, 2.75) is 25.8 Å². The zero-order chi connectivity index (χ0) is 13.7. The van der Waals surface area contributed by atoms with Crippen molar-refractivity contribution in [2.24, 2.45) is 0 Å². The van der Waals surface area contributed by atoms with E-state index in [9.17, 15) is 9.59 Å². The molecule has 0 saturated heterocycles. The molecule has 2 N–H and O–H groups in total. The van der Waals surface area contributed by atoms with Crippen molar-refractivity contribution in [1.29, 1.82) is 0 Å². The summed E-state index contributed by atoms with van der Waals surface area (Å²) in [6.07, 6.45) is 5.28. The fourth-order valence-corrected chi connectivity index (χ4v) is 1.68. The summed E-state index contributed by atoms with van der Waals surface area (Å²) in [5.41, 5.74) is 2.11. The van der Waals surface area contributed by atoms with Crippen LogP contribution in [0.2, 0.25) is 0 Å². The van der Waals surface area contributed by atoms with Crippen molar-refractivity contribution in [3.8, 4) is 0 Å². The van der Waals surface area contributed by atoms with Crippen LogP contribution in [0.25, 0.3) is 6.08 Å². The number of hydrogen-bond acceptors (Lipinski definition) is 2. The lowest BCUT2D eigenvalue weighted by Crippen LogP contribution is -2.37. The van der Waals surface area contributed by atoms with Crippen LogP contribution in [0, 0.1) is 6.92 Å². The van der Waals surface area contributed by atoms with Gasteiger partial charge in [-0.05, 0) is 31.4 Å². The Morgan fingerprint density at radius 1 is 1.37 bits per heavy atom. The molecule has 0 aromatic heterocycles. The van der Waals surface area contributed by atoms with Crippen LogP contribution in [-0.2, 0) is 9.59 Å². The van der Waals surface area contributed by atoms with Crippen molar-refractivity contribution in [2.75, 3.05) is 6.54 Å². The third-order valence-corrected chi connectivity index (χ3v) is 2.83. The fourth-order valence-electron chi connectivity index (χ4n) is 1.68. The summed E-state index contributed by atoms with van der Waals surface area (Å²) in [6.45, 7) is 2.03. The minimum atomic E-state index is -0.257. The molecule has 19 heavy (non-hydrogen) atoms. The quantitative estimate of drug-likeness (QED) is 0.784. The SMILES string of the molecule is Cc1cccc(/C=C/C(=O)NCC(=O)NC2CC2)c1. The first-order chi connectivity index (χ1) is 9.13. The van der Waals surface area contributed by atoms with Crippen LogP contribution < -0.4 is 10.6 Å². The average molecular weight is 258 g/mol. The number of carbonyl (C=O) groups is 2. The van der Waals surface area contributed by atoms with E-state index in [4.69, 9.17) is 0 Å². The Labute approximate surface area is 112 Å². The molecule has 4 nitrogen and oxygen atoms in total. The molecule has 4 heteroatoms. The lowest BCUT2D eigenvalue weighted by molar-refractivity contribution is -0.124. The van der Waals surface area contributed by atoms with E-state index < -0.39 is 0 Å². The van der Waals surface area contributed by atoms with Crippen molar-refractivity contribution in [3.05, 3.63) is 41.5 Å². The largest absolute Gasteiger partial charge is 0.352 e. The first-order valence-corrected chi connectivity index (χ1v) is 6.45. The van der Waals surface area contributed by atoms with Crippen molar-refractivity contribution in [1.82, 2.24) is 10.6 Å². The summed E-state index contributed by atoms with van der Waals surface area (Å²) in [7, 11) is 0. The predicted octanol–water partition coefficient (Wildman–Crippen LogP) is 1.40. The second-order valence-corrected chi connectivity index (χ2v) is 4.81. The molecular formula is C15H18N2O2. The molecule has 0 heterocycles. The van der Waals surface area contributed by atoms with Crippen LogP contribution in [0.15, 0.2) is 30.3 Å². The number of benzene rings is 1. The molecule has 2 rings (SSSR count). The lowest BCUT2D eigenvalue weighted by atomic mass is 10.1. The smallest absolute Gasteiger partial charge is 0.244 e. The van der Waals surface area contributed by atoms with Crippen molar-refractivity contribution >= 4 is 17.9 Å². The molecule has 0 aliphatic heterocycles. The summed E-state index contributed by atoms with van der Waals surface area (Å²) < 4.78 is 0. The molecule has 1 fully saturated rings. The topological polar surface area (TPSA) is 58.2 Å². The van der Waals surface area contributed by atoms with Crippen LogP contribution in [0.4, 0.5) is 0 Å². The normalized spacial score (nSPS) is 14.4. The van der Waals surface area contributed by atoms with Gasteiger partial charge in [0.15, 0.2) is 0 Å². The zero-order valence-electron chi connectivity index (χ0n) is 11.0. The van der Waals surface area contributed by atoms with Gasteiger partial charge in [-0.25, -0.2) is 0 Å². The van der Waals surface area contributed by atoms with Gasteiger partial charge in [0, 0.05) is 12.1 Å². The highest BCUT2D eigenvalue weighted by atomic mass is 16.2. The maximum atomic E-state index is 11.5. The average Bonchev–Trinajstić information content (AvgIpc) is 3.18. The Hall–Kier alpha value is -2.10.